The number of hydrogen-bond donors (Lipinski definition) is 0. The van der Waals surface area contributed by atoms with Crippen LogP contribution < -0.4 is 0 Å². The first-order chi connectivity index (χ1) is 39.7. The van der Waals surface area contributed by atoms with Crippen molar-refractivity contribution in [1.29, 1.82) is 5.26 Å². The van der Waals surface area contributed by atoms with Gasteiger partial charge in [0.05, 0.1) is 66.3 Å². The third-order valence-corrected chi connectivity index (χ3v) is 16.7. The summed E-state index contributed by atoms with van der Waals surface area (Å²) in [6.45, 7) is 0. The number of fused-ring (bicyclic) bond motifs is 21. The molecule has 0 saturated carbocycles. The fourth-order valence-corrected chi connectivity index (χ4v) is 13.5. The van der Waals surface area contributed by atoms with Crippen molar-refractivity contribution in [1.82, 2.24) is 23.7 Å². The van der Waals surface area contributed by atoms with Gasteiger partial charge >= 0.3 is 0 Å². The number of furan rings is 3. The normalized spacial score (nSPS) is 12.2. The Balaban J connectivity index is 1.13. The summed E-state index contributed by atoms with van der Waals surface area (Å²) in [4.78, 5) is 9.26. The van der Waals surface area contributed by atoms with Gasteiger partial charge in [-0.15, -0.1) is 0 Å². The van der Waals surface area contributed by atoms with Crippen LogP contribution in [0.2, 0.25) is 0 Å². The number of rotatable bonds is 5. The Hall–Kier alpha value is -11.2. The van der Waals surface area contributed by atoms with Gasteiger partial charge < -0.3 is 27.0 Å². The van der Waals surface area contributed by atoms with Crippen LogP contribution in [0.1, 0.15) is 5.56 Å². The largest absolute Gasteiger partial charge is 0.455 e. The highest BCUT2D eigenvalue weighted by Gasteiger charge is 2.35. The van der Waals surface area contributed by atoms with Crippen LogP contribution in [-0.4, -0.2) is 23.7 Å². The van der Waals surface area contributed by atoms with Gasteiger partial charge in [-0.1, -0.05) is 109 Å². The van der Waals surface area contributed by atoms with Crippen LogP contribution in [0, 0.1) is 11.3 Å². The molecule has 0 amide bonds. The fourth-order valence-electron chi connectivity index (χ4n) is 13.5. The highest BCUT2D eigenvalue weighted by atomic mass is 16.3. The maximum Gasteiger partial charge on any atom is 0.145 e. The molecule has 0 N–H and O–H groups in total. The smallest absolute Gasteiger partial charge is 0.145 e. The molecule has 9 heteroatoms. The summed E-state index contributed by atoms with van der Waals surface area (Å²) in [5.74, 6) is 0. The number of nitriles is 1. The van der Waals surface area contributed by atoms with Crippen molar-refractivity contribution in [2.75, 3.05) is 0 Å². The lowest BCUT2D eigenvalue weighted by molar-refractivity contribution is 0.672. The standard InChI is InChI=1S/C71H38N6O3/c72-39-51-66(75-52-19-7-1-16-48(52)63-55(75)28-25-45-42-13-4-10-22-58(42)78-69(45)63)61(40-31-35-73-36-32-40)68(77-54-21-9-3-18-50(54)65-57(77)30-27-47-44-15-6-12-24-60(44)80-71(47)65)62(41-33-37-74-38-34-41)67(51)76-53-20-8-2-17-49(53)64-56(76)29-26-46-43-14-5-11-23-59(43)79-70(46)64/h1-38H. The molecule has 8 aromatic heterocycles. The number of aromatic nitrogens is 5. The molecule has 8 heterocycles. The molecule has 0 bridgehead atoms. The van der Waals surface area contributed by atoms with E-state index >= 15 is 0 Å². The number of para-hydroxylation sites is 6. The number of benzene rings is 10. The van der Waals surface area contributed by atoms with E-state index in [0.717, 1.165) is 159 Å². The minimum absolute atomic E-state index is 0.451. The third kappa shape index (κ3) is 5.57. The summed E-state index contributed by atoms with van der Waals surface area (Å²) in [7, 11) is 0. The number of pyridine rings is 2. The summed E-state index contributed by atoms with van der Waals surface area (Å²) in [6.07, 6.45) is 7.37. The van der Waals surface area contributed by atoms with Gasteiger partial charge in [0.2, 0.25) is 0 Å². The quantitative estimate of drug-likeness (QED) is 0.170. The first-order valence-electron chi connectivity index (χ1n) is 26.7. The van der Waals surface area contributed by atoms with Crippen LogP contribution in [0.3, 0.4) is 0 Å². The Morgan fingerprint density at radius 1 is 0.300 bits per heavy atom. The Morgan fingerprint density at radius 3 is 0.963 bits per heavy atom. The van der Waals surface area contributed by atoms with Crippen LogP contribution in [0.15, 0.2) is 244 Å². The molecule has 0 atom stereocenters. The second-order valence-corrected chi connectivity index (χ2v) is 20.6. The second-order valence-electron chi connectivity index (χ2n) is 20.6. The molecule has 0 fully saturated rings. The molecular weight excluding hydrogens is 985 g/mol. The Labute approximate surface area is 453 Å². The SMILES string of the molecule is N#Cc1c(-n2c3ccccc3c3c4oc5ccccc5c4ccc32)c(-c2ccncc2)c(-n2c3ccccc3c3c4oc5ccccc5c4ccc32)c(-c2ccncc2)c1-n1c2ccccc2c2c3oc4ccccc4c3ccc21. The molecule has 370 valence electrons. The van der Waals surface area contributed by atoms with Crippen molar-refractivity contribution < 1.29 is 13.3 Å². The average Bonchev–Trinajstić information content (AvgIpc) is 4.43. The zero-order valence-electron chi connectivity index (χ0n) is 42.3. The first kappa shape index (κ1) is 43.0. The highest BCUT2D eigenvalue weighted by molar-refractivity contribution is 6.28. The Bertz CT molecular complexity index is 5490. The van der Waals surface area contributed by atoms with Gasteiger partial charge in [0, 0.05) is 84.4 Å². The zero-order chi connectivity index (χ0) is 52.3. The molecule has 0 aliphatic carbocycles. The van der Waals surface area contributed by atoms with Crippen molar-refractivity contribution in [2.45, 2.75) is 0 Å². The van der Waals surface area contributed by atoms with E-state index in [9.17, 15) is 5.26 Å². The summed E-state index contributed by atoms with van der Waals surface area (Å²) >= 11 is 0. The molecule has 18 rings (SSSR count). The van der Waals surface area contributed by atoms with Crippen molar-refractivity contribution in [3.05, 3.63) is 237 Å². The van der Waals surface area contributed by atoms with E-state index in [2.05, 4.69) is 200 Å². The van der Waals surface area contributed by atoms with Gasteiger partial charge in [0.15, 0.2) is 0 Å². The maximum atomic E-state index is 12.8. The van der Waals surface area contributed by atoms with E-state index in [1.165, 1.54) is 0 Å². The maximum absolute atomic E-state index is 12.8. The highest BCUT2D eigenvalue weighted by Crippen LogP contribution is 2.54. The lowest BCUT2D eigenvalue weighted by Gasteiger charge is -2.28. The van der Waals surface area contributed by atoms with Crippen LogP contribution in [0.25, 0.3) is 171 Å². The van der Waals surface area contributed by atoms with E-state index in [1.54, 1.807) is 0 Å². The topological polar surface area (TPSA) is 104 Å². The average molecular weight is 1020 g/mol. The molecule has 0 aliphatic rings. The predicted molar refractivity (Wildman–Crippen MR) is 322 cm³/mol. The molecule has 18 aromatic rings. The zero-order valence-corrected chi connectivity index (χ0v) is 42.3. The first-order valence-corrected chi connectivity index (χ1v) is 26.7. The van der Waals surface area contributed by atoms with Crippen LogP contribution in [0.4, 0.5) is 0 Å². The van der Waals surface area contributed by atoms with Crippen LogP contribution in [0.5, 0.6) is 0 Å². The molecule has 0 radical (unpaired) electrons. The minimum Gasteiger partial charge on any atom is -0.455 e. The van der Waals surface area contributed by atoms with E-state index in [0.29, 0.717) is 16.9 Å². The number of nitrogens with zero attached hydrogens (tertiary/aromatic N) is 6. The summed E-state index contributed by atoms with van der Waals surface area (Å²) < 4.78 is 27.8. The van der Waals surface area contributed by atoms with Crippen LogP contribution in [-0.2, 0) is 0 Å². The fraction of sp³-hybridized carbons (Fsp3) is 0. The number of hydrogen-bond acceptors (Lipinski definition) is 6. The van der Waals surface area contributed by atoms with Crippen molar-refractivity contribution in [3.8, 4) is 45.4 Å². The van der Waals surface area contributed by atoms with Gasteiger partial charge in [0.1, 0.15) is 45.1 Å². The molecule has 0 spiro atoms. The van der Waals surface area contributed by atoms with E-state index in [-0.39, 0.29) is 0 Å². The van der Waals surface area contributed by atoms with E-state index < -0.39 is 0 Å². The van der Waals surface area contributed by atoms with Crippen molar-refractivity contribution in [3.63, 3.8) is 0 Å². The lowest BCUT2D eigenvalue weighted by Crippen LogP contribution is -2.13. The summed E-state index contributed by atoms with van der Waals surface area (Å²) in [5.41, 5.74) is 16.3. The van der Waals surface area contributed by atoms with Crippen molar-refractivity contribution >= 4 is 131 Å². The Kier molecular flexibility index (Phi) is 8.55. The van der Waals surface area contributed by atoms with Gasteiger partial charge in [0.25, 0.3) is 0 Å². The predicted octanol–water partition coefficient (Wildman–Crippen LogP) is 18.7. The lowest BCUT2D eigenvalue weighted by atomic mass is 9.88. The van der Waals surface area contributed by atoms with Crippen LogP contribution >= 0.6 is 0 Å². The molecule has 0 unspecified atom stereocenters. The third-order valence-electron chi connectivity index (χ3n) is 16.7. The van der Waals surface area contributed by atoms with Gasteiger partial charge in [-0.05, 0) is 108 Å². The Morgan fingerprint density at radius 2 is 0.613 bits per heavy atom. The molecule has 80 heavy (non-hydrogen) atoms. The molecular formula is C71H38N6O3. The van der Waals surface area contributed by atoms with Crippen molar-refractivity contribution in [2.24, 2.45) is 0 Å². The molecule has 10 aromatic carbocycles. The van der Waals surface area contributed by atoms with E-state index in [1.807, 2.05) is 61.2 Å². The molecule has 9 nitrogen and oxygen atoms in total. The summed E-state index contributed by atoms with van der Waals surface area (Å²) in [6, 6.07) is 74.7. The summed E-state index contributed by atoms with van der Waals surface area (Å²) in [5, 5.41) is 24.8. The monoisotopic (exact) mass is 1020 g/mol. The molecule has 0 aliphatic heterocycles. The van der Waals surface area contributed by atoms with Gasteiger partial charge in [-0.3, -0.25) is 9.97 Å². The molecule has 0 saturated heterocycles. The second kappa shape index (κ2) is 15.9. The van der Waals surface area contributed by atoms with E-state index in [4.69, 9.17) is 13.3 Å². The van der Waals surface area contributed by atoms with Gasteiger partial charge in [-0.25, -0.2) is 0 Å². The minimum atomic E-state index is 0.451. The van der Waals surface area contributed by atoms with Gasteiger partial charge in [-0.2, -0.15) is 5.26 Å².